The molecule has 0 spiro atoms. The van der Waals surface area contributed by atoms with Crippen molar-refractivity contribution in [3.8, 4) is 0 Å². The van der Waals surface area contributed by atoms with Crippen LogP contribution in [0, 0.1) is 11.8 Å². The monoisotopic (exact) mass is 428 g/mol. The summed E-state index contributed by atoms with van der Waals surface area (Å²) in [6.45, 7) is 19.4. The smallest absolute Gasteiger partial charge is 0.0651 e. The SMILES string of the molecule is CC1=C(CC(C)C)c2c(cccc2[Si](C)(C)c2cccc3c2C(CC(C)C)=C(C)C3)C1. The summed E-state index contributed by atoms with van der Waals surface area (Å²) in [7, 11) is -1.88. The molecule has 4 rings (SSSR count). The Labute approximate surface area is 191 Å². The molecule has 31 heavy (non-hydrogen) atoms. The van der Waals surface area contributed by atoms with Crippen molar-refractivity contribution in [2.75, 3.05) is 0 Å². The highest BCUT2D eigenvalue weighted by Gasteiger charge is 2.36. The zero-order valence-corrected chi connectivity index (χ0v) is 21.9. The predicted molar refractivity (Wildman–Crippen MR) is 141 cm³/mol. The molecule has 0 saturated carbocycles. The first-order valence-corrected chi connectivity index (χ1v) is 15.2. The minimum absolute atomic E-state index is 0.693. The van der Waals surface area contributed by atoms with E-state index < -0.39 is 8.07 Å². The average molecular weight is 429 g/mol. The number of rotatable bonds is 6. The minimum atomic E-state index is -1.88. The molecular formula is C30H40Si. The van der Waals surface area contributed by atoms with Crippen LogP contribution in [0.5, 0.6) is 0 Å². The predicted octanol–water partition coefficient (Wildman–Crippen LogP) is 7.26. The Morgan fingerprint density at radius 2 is 1.06 bits per heavy atom. The van der Waals surface area contributed by atoms with Crippen molar-refractivity contribution in [2.24, 2.45) is 11.8 Å². The van der Waals surface area contributed by atoms with Crippen LogP contribution in [-0.4, -0.2) is 8.07 Å². The van der Waals surface area contributed by atoms with Crippen molar-refractivity contribution in [3.05, 3.63) is 69.8 Å². The molecule has 0 N–H and O–H groups in total. The van der Waals surface area contributed by atoms with Crippen molar-refractivity contribution in [1.29, 1.82) is 0 Å². The average Bonchev–Trinajstić information content (AvgIpc) is 3.17. The molecular weight excluding hydrogens is 388 g/mol. The van der Waals surface area contributed by atoms with E-state index in [2.05, 4.69) is 91.0 Å². The summed E-state index contributed by atoms with van der Waals surface area (Å²) in [5.41, 5.74) is 12.8. The molecule has 0 aromatic heterocycles. The van der Waals surface area contributed by atoms with Crippen LogP contribution in [0.25, 0.3) is 11.1 Å². The number of hydrogen-bond donors (Lipinski definition) is 0. The van der Waals surface area contributed by atoms with Crippen molar-refractivity contribution >= 4 is 29.6 Å². The van der Waals surface area contributed by atoms with E-state index in [0.29, 0.717) is 11.8 Å². The first kappa shape index (κ1) is 22.3. The molecule has 164 valence electrons. The normalized spacial score (nSPS) is 16.1. The van der Waals surface area contributed by atoms with Gasteiger partial charge < -0.3 is 0 Å². The van der Waals surface area contributed by atoms with Crippen LogP contribution in [0.3, 0.4) is 0 Å². The fraction of sp³-hybridized carbons (Fsp3) is 0.467. The second-order valence-corrected chi connectivity index (χ2v) is 15.7. The van der Waals surface area contributed by atoms with Gasteiger partial charge in [0, 0.05) is 0 Å². The fourth-order valence-electron chi connectivity index (χ4n) is 5.97. The maximum atomic E-state index is 2.60. The molecule has 0 atom stereocenters. The van der Waals surface area contributed by atoms with Crippen LogP contribution >= 0.6 is 0 Å². The zero-order chi connectivity index (χ0) is 22.5. The van der Waals surface area contributed by atoms with Crippen molar-refractivity contribution in [1.82, 2.24) is 0 Å². The third kappa shape index (κ3) is 3.91. The lowest BCUT2D eigenvalue weighted by Gasteiger charge is -2.31. The third-order valence-electron chi connectivity index (χ3n) is 7.42. The van der Waals surface area contributed by atoms with Gasteiger partial charge in [-0.25, -0.2) is 0 Å². The molecule has 0 amide bonds. The van der Waals surface area contributed by atoms with Crippen LogP contribution in [0.15, 0.2) is 47.5 Å². The van der Waals surface area contributed by atoms with E-state index in [0.717, 1.165) is 12.8 Å². The Morgan fingerprint density at radius 3 is 1.42 bits per heavy atom. The highest BCUT2D eigenvalue weighted by Crippen LogP contribution is 2.39. The molecule has 0 saturated heterocycles. The van der Waals surface area contributed by atoms with E-state index in [1.807, 2.05) is 0 Å². The summed E-state index contributed by atoms with van der Waals surface area (Å²) in [5, 5.41) is 3.30. The van der Waals surface area contributed by atoms with Gasteiger partial charge in [0.25, 0.3) is 0 Å². The van der Waals surface area contributed by atoms with Gasteiger partial charge in [0.2, 0.25) is 0 Å². The standard InChI is InChI=1S/C30H40Si/c1-19(2)15-25-21(5)17-23-11-9-13-27(29(23)25)31(7,8)28-14-10-12-24-18-22(6)26(30(24)28)16-20(3)4/h9-14,19-20H,15-18H2,1-8H3. The third-order valence-corrected chi connectivity index (χ3v) is 10.9. The van der Waals surface area contributed by atoms with Crippen LogP contribution in [0.4, 0.5) is 0 Å². The summed E-state index contributed by atoms with van der Waals surface area (Å²) in [6.07, 6.45) is 4.68. The number of hydrogen-bond acceptors (Lipinski definition) is 0. The lowest BCUT2D eigenvalue weighted by Crippen LogP contribution is -2.55. The molecule has 0 unspecified atom stereocenters. The molecule has 0 bridgehead atoms. The second kappa shape index (κ2) is 8.24. The second-order valence-electron chi connectivity index (χ2n) is 11.4. The first-order chi connectivity index (χ1) is 14.6. The van der Waals surface area contributed by atoms with Crippen molar-refractivity contribution in [2.45, 2.75) is 80.3 Å². The van der Waals surface area contributed by atoms with Gasteiger partial charge in [0.1, 0.15) is 8.07 Å². The highest BCUT2D eigenvalue weighted by atomic mass is 28.3. The molecule has 0 radical (unpaired) electrons. The molecule has 0 nitrogen and oxygen atoms in total. The molecule has 2 aliphatic carbocycles. The molecule has 1 heteroatoms. The van der Waals surface area contributed by atoms with Gasteiger partial charge in [-0.1, -0.05) is 88.3 Å². The molecule has 0 fully saturated rings. The minimum Gasteiger partial charge on any atom is -0.0651 e. The molecule has 0 heterocycles. The van der Waals surface area contributed by atoms with E-state index in [9.17, 15) is 0 Å². The van der Waals surface area contributed by atoms with E-state index >= 15 is 0 Å². The van der Waals surface area contributed by atoms with E-state index in [1.165, 1.54) is 12.8 Å². The summed E-state index contributed by atoms with van der Waals surface area (Å²) in [5.74, 6) is 1.39. The lowest BCUT2D eigenvalue weighted by atomic mass is 9.96. The van der Waals surface area contributed by atoms with Gasteiger partial charge in [-0.15, -0.1) is 0 Å². The Hall–Kier alpha value is -1.86. The van der Waals surface area contributed by atoms with E-state index in [4.69, 9.17) is 0 Å². The van der Waals surface area contributed by atoms with Crippen molar-refractivity contribution < 1.29 is 0 Å². The number of allylic oxidation sites excluding steroid dienone is 4. The Bertz CT molecular complexity index is 990. The molecule has 2 aromatic rings. The quantitative estimate of drug-likeness (QED) is 0.425. The van der Waals surface area contributed by atoms with E-state index in [1.54, 1.807) is 54.9 Å². The van der Waals surface area contributed by atoms with E-state index in [-0.39, 0.29) is 0 Å². The Balaban J connectivity index is 1.89. The molecule has 0 aliphatic heterocycles. The molecule has 2 aromatic carbocycles. The van der Waals surface area contributed by atoms with Gasteiger partial charge in [0.05, 0.1) is 0 Å². The van der Waals surface area contributed by atoms with Gasteiger partial charge in [-0.3, -0.25) is 0 Å². The largest absolute Gasteiger partial charge is 0.113 e. The summed E-state index contributed by atoms with van der Waals surface area (Å²) in [6, 6.07) is 14.4. The molecule has 2 aliphatic rings. The summed E-state index contributed by atoms with van der Waals surface area (Å²) >= 11 is 0. The van der Waals surface area contributed by atoms with Crippen LogP contribution in [0.2, 0.25) is 13.1 Å². The van der Waals surface area contributed by atoms with Crippen LogP contribution in [-0.2, 0) is 12.8 Å². The topological polar surface area (TPSA) is 0 Å². The zero-order valence-electron chi connectivity index (χ0n) is 20.9. The summed E-state index contributed by atoms with van der Waals surface area (Å²) in [4.78, 5) is 0. The number of fused-ring (bicyclic) bond motifs is 2. The maximum Gasteiger partial charge on any atom is 0.113 e. The van der Waals surface area contributed by atoms with Crippen LogP contribution in [0.1, 0.15) is 76.6 Å². The highest BCUT2D eigenvalue weighted by molar-refractivity contribution is 7.01. The lowest BCUT2D eigenvalue weighted by molar-refractivity contribution is 0.672. The first-order valence-electron chi connectivity index (χ1n) is 12.2. The van der Waals surface area contributed by atoms with Crippen LogP contribution < -0.4 is 10.4 Å². The maximum absolute atomic E-state index is 2.60. The Morgan fingerprint density at radius 1 is 0.677 bits per heavy atom. The summed E-state index contributed by atoms with van der Waals surface area (Å²) < 4.78 is 0. The van der Waals surface area contributed by atoms with Crippen molar-refractivity contribution in [3.63, 3.8) is 0 Å². The van der Waals surface area contributed by atoms with Gasteiger partial charge in [-0.2, -0.15) is 0 Å². The number of benzene rings is 2. The van der Waals surface area contributed by atoms with Gasteiger partial charge in [0.15, 0.2) is 0 Å². The fourth-order valence-corrected chi connectivity index (χ4v) is 9.16. The Kier molecular flexibility index (Phi) is 5.94. The van der Waals surface area contributed by atoms with Gasteiger partial charge in [-0.05, 0) is 95.1 Å². The van der Waals surface area contributed by atoms with Gasteiger partial charge >= 0.3 is 0 Å².